The van der Waals surface area contributed by atoms with Gasteiger partial charge >= 0.3 is 0 Å². The predicted molar refractivity (Wildman–Crippen MR) is 98.8 cm³/mol. The second kappa shape index (κ2) is 7.39. The Morgan fingerprint density at radius 2 is 2.00 bits per heavy atom. The van der Waals surface area contributed by atoms with E-state index < -0.39 is 0 Å². The number of hydrogen-bond donors (Lipinski definition) is 3. The van der Waals surface area contributed by atoms with Crippen molar-refractivity contribution in [3.8, 4) is 0 Å². The van der Waals surface area contributed by atoms with Crippen molar-refractivity contribution in [3.63, 3.8) is 0 Å². The molecule has 1 atom stereocenters. The fraction of sp³-hybridized carbons (Fsp3) is 0.611. The van der Waals surface area contributed by atoms with E-state index in [1.165, 1.54) is 25.7 Å². The van der Waals surface area contributed by atoms with Crippen LogP contribution in [0.1, 0.15) is 38.5 Å². The van der Waals surface area contributed by atoms with E-state index in [0.717, 1.165) is 55.9 Å². The van der Waals surface area contributed by atoms with E-state index in [2.05, 4.69) is 25.7 Å². The molecule has 2 saturated heterocycles. The molecule has 0 aromatic carbocycles. The molecule has 0 bridgehead atoms. The fourth-order valence-corrected chi connectivity index (χ4v) is 3.76. The second-order valence-electron chi connectivity index (χ2n) is 7.07. The molecule has 0 spiro atoms. The molecular weight excluding hydrogens is 316 g/mol. The van der Waals surface area contributed by atoms with Gasteiger partial charge in [-0.1, -0.05) is 12.8 Å². The van der Waals surface area contributed by atoms with E-state index in [4.69, 9.17) is 4.98 Å². The van der Waals surface area contributed by atoms with Crippen LogP contribution in [0.2, 0.25) is 0 Å². The summed E-state index contributed by atoms with van der Waals surface area (Å²) in [7, 11) is 0. The number of fused-ring (bicyclic) bond motifs is 1. The van der Waals surface area contributed by atoms with Crippen LogP contribution in [0.25, 0.3) is 11.0 Å². The first-order valence-corrected chi connectivity index (χ1v) is 9.43. The maximum Gasteiger partial charge on any atom is 0.229 e. The lowest BCUT2D eigenvalue weighted by atomic mass is 9.99. The smallest absolute Gasteiger partial charge is 0.229 e. The quantitative estimate of drug-likeness (QED) is 0.797. The molecule has 1 unspecified atom stereocenters. The molecule has 2 aromatic heterocycles. The van der Waals surface area contributed by atoms with Crippen molar-refractivity contribution in [3.05, 3.63) is 12.1 Å². The van der Waals surface area contributed by atoms with E-state index >= 15 is 0 Å². The standard InChI is InChI=1S/C18H26N6O/c25-18(13-6-5-9-19-12-13)21-17-14-7-8-15(20-16(14)22-23-17)24-10-3-1-2-4-11-24/h7-8,13,19H,1-6,9-12H2,(H2,20,21,22,23,25). The summed E-state index contributed by atoms with van der Waals surface area (Å²) in [5.41, 5.74) is 0.735. The Morgan fingerprint density at radius 1 is 1.16 bits per heavy atom. The van der Waals surface area contributed by atoms with Gasteiger partial charge in [0.25, 0.3) is 0 Å². The number of pyridine rings is 1. The summed E-state index contributed by atoms with van der Waals surface area (Å²) in [5, 5.41) is 14.4. The Bertz CT molecular complexity index is 728. The predicted octanol–water partition coefficient (Wildman–Crippen LogP) is 2.28. The molecule has 25 heavy (non-hydrogen) atoms. The zero-order valence-corrected chi connectivity index (χ0v) is 14.6. The van der Waals surface area contributed by atoms with Crippen LogP contribution in [0.4, 0.5) is 11.6 Å². The highest BCUT2D eigenvalue weighted by Gasteiger charge is 2.22. The number of aromatic nitrogens is 3. The third kappa shape index (κ3) is 3.61. The molecule has 3 N–H and O–H groups in total. The van der Waals surface area contributed by atoms with E-state index in [-0.39, 0.29) is 11.8 Å². The topological polar surface area (TPSA) is 85.9 Å². The molecule has 1 amide bonds. The van der Waals surface area contributed by atoms with Gasteiger partial charge in [0.1, 0.15) is 5.82 Å². The molecule has 4 heterocycles. The molecule has 7 nitrogen and oxygen atoms in total. The summed E-state index contributed by atoms with van der Waals surface area (Å²) in [6, 6.07) is 4.06. The Hall–Kier alpha value is -2.15. The van der Waals surface area contributed by atoms with Crippen LogP contribution in [0.15, 0.2) is 12.1 Å². The van der Waals surface area contributed by atoms with Crippen molar-refractivity contribution in [1.82, 2.24) is 20.5 Å². The zero-order valence-electron chi connectivity index (χ0n) is 14.6. The summed E-state index contributed by atoms with van der Waals surface area (Å²) >= 11 is 0. The molecule has 0 saturated carbocycles. The van der Waals surface area contributed by atoms with Crippen molar-refractivity contribution in [1.29, 1.82) is 0 Å². The summed E-state index contributed by atoms with van der Waals surface area (Å²) in [4.78, 5) is 19.5. The van der Waals surface area contributed by atoms with E-state index in [1.54, 1.807) is 0 Å². The number of hydrogen-bond acceptors (Lipinski definition) is 5. The lowest BCUT2D eigenvalue weighted by molar-refractivity contribution is -0.120. The monoisotopic (exact) mass is 342 g/mol. The van der Waals surface area contributed by atoms with Crippen LogP contribution in [-0.2, 0) is 4.79 Å². The van der Waals surface area contributed by atoms with Gasteiger partial charge in [-0.2, -0.15) is 5.10 Å². The van der Waals surface area contributed by atoms with Crippen molar-refractivity contribution >= 4 is 28.6 Å². The molecular formula is C18H26N6O. The van der Waals surface area contributed by atoms with Crippen LogP contribution in [0.3, 0.4) is 0 Å². The van der Waals surface area contributed by atoms with Crippen LogP contribution in [-0.4, -0.2) is 47.3 Å². The third-order valence-corrected chi connectivity index (χ3v) is 5.25. The van der Waals surface area contributed by atoms with Gasteiger partial charge in [0.15, 0.2) is 11.5 Å². The van der Waals surface area contributed by atoms with Crippen LogP contribution < -0.4 is 15.5 Å². The SMILES string of the molecule is O=C(Nc1n[nH]c2nc(N3CCCCCC3)ccc12)C1CCCNC1. The van der Waals surface area contributed by atoms with Crippen molar-refractivity contribution in [2.45, 2.75) is 38.5 Å². The van der Waals surface area contributed by atoms with E-state index in [1.807, 2.05) is 12.1 Å². The number of amides is 1. The first-order chi connectivity index (χ1) is 12.3. The highest BCUT2D eigenvalue weighted by Crippen LogP contribution is 2.25. The lowest BCUT2D eigenvalue weighted by Gasteiger charge is -2.21. The number of carbonyl (C=O) groups is 1. The second-order valence-corrected chi connectivity index (χ2v) is 7.07. The van der Waals surface area contributed by atoms with Gasteiger partial charge in [0, 0.05) is 19.6 Å². The average Bonchev–Trinajstić information content (AvgIpc) is 2.87. The third-order valence-electron chi connectivity index (χ3n) is 5.25. The van der Waals surface area contributed by atoms with Gasteiger partial charge in [-0.05, 0) is 44.4 Å². The largest absolute Gasteiger partial charge is 0.357 e. The minimum absolute atomic E-state index is 0.0184. The maximum atomic E-state index is 12.4. The van der Waals surface area contributed by atoms with Crippen LogP contribution in [0, 0.1) is 5.92 Å². The first kappa shape index (κ1) is 16.3. The molecule has 2 aromatic rings. The normalized spacial score (nSPS) is 21.9. The minimum atomic E-state index is 0.0184. The van der Waals surface area contributed by atoms with Gasteiger partial charge < -0.3 is 15.5 Å². The maximum absolute atomic E-state index is 12.4. The molecule has 2 fully saturated rings. The summed E-state index contributed by atoms with van der Waals surface area (Å²) in [6.07, 6.45) is 7.02. The van der Waals surface area contributed by atoms with Crippen molar-refractivity contribution < 1.29 is 4.79 Å². The molecule has 0 radical (unpaired) electrons. The molecule has 0 aliphatic carbocycles. The number of nitrogens with zero attached hydrogens (tertiary/aromatic N) is 3. The number of H-pyrrole nitrogens is 1. The Balaban J connectivity index is 1.50. The Kier molecular flexibility index (Phi) is 4.83. The molecule has 2 aliphatic rings. The molecule has 134 valence electrons. The highest BCUT2D eigenvalue weighted by atomic mass is 16.2. The van der Waals surface area contributed by atoms with Gasteiger partial charge in [-0.3, -0.25) is 9.89 Å². The number of anilines is 2. The zero-order chi connectivity index (χ0) is 17.1. The number of nitrogens with one attached hydrogen (secondary N) is 3. The molecule has 4 rings (SSSR count). The summed E-state index contributed by atoms with van der Waals surface area (Å²) < 4.78 is 0. The fourth-order valence-electron chi connectivity index (χ4n) is 3.76. The van der Waals surface area contributed by atoms with Crippen LogP contribution in [0.5, 0.6) is 0 Å². The number of carbonyl (C=O) groups excluding carboxylic acids is 1. The summed E-state index contributed by atoms with van der Waals surface area (Å²) in [6.45, 7) is 3.86. The minimum Gasteiger partial charge on any atom is -0.357 e. The highest BCUT2D eigenvalue weighted by molar-refractivity contribution is 5.99. The lowest BCUT2D eigenvalue weighted by Crippen LogP contribution is -2.37. The first-order valence-electron chi connectivity index (χ1n) is 9.43. The molecule has 7 heteroatoms. The average molecular weight is 342 g/mol. The Labute approximate surface area is 147 Å². The van der Waals surface area contributed by atoms with Gasteiger partial charge in [0.05, 0.1) is 11.3 Å². The van der Waals surface area contributed by atoms with E-state index in [0.29, 0.717) is 5.82 Å². The van der Waals surface area contributed by atoms with Crippen LogP contribution >= 0.6 is 0 Å². The van der Waals surface area contributed by atoms with Gasteiger partial charge in [-0.25, -0.2) is 4.98 Å². The van der Waals surface area contributed by atoms with E-state index in [9.17, 15) is 4.79 Å². The molecule has 2 aliphatic heterocycles. The van der Waals surface area contributed by atoms with Crippen molar-refractivity contribution in [2.24, 2.45) is 5.92 Å². The Morgan fingerprint density at radius 3 is 2.76 bits per heavy atom. The number of piperidine rings is 1. The van der Waals surface area contributed by atoms with Crippen molar-refractivity contribution in [2.75, 3.05) is 36.4 Å². The van der Waals surface area contributed by atoms with Gasteiger partial charge in [-0.15, -0.1) is 0 Å². The van der Waals surface area contributed by atoms with Gasteiger partial charge in [0.2, 0.25) is 5.91 Å². The number of rotatable bonds is 3. The number of aromatic amines is 1. The summed E-state index contributed by atoms with van der Waals surface area (Å²) in [5.74, 6) is 1.63.